The molecule has 0 heterocycles. The Kier molecular flexibility index (Phi) is 4.26. The molecule has 0 N–H and O–H groups in total. The van der Waals surface area contributed by atoms with E-state index in [9.17, 15) is 9.59 Å². The van der Waals surface area contributed by atoms with Gasteiger partial charge in [0.25, 0.3) is 0 Å². The Morgan fingerprint density at radius 1 is 1.47 bits per heavy atom. The van der Waals surface area contributed by atoms with Gasteiger partial charge in [-0.1, -0.05) is 30.3 Å². The molecular weight excluding hydrogens is 194 g/mol. The number of aliphatic imine (C=N–C) groups is 1. The van der Waals surface area contributed by atoms with Crippen LogP contribution in [0.3, 0.4) is 0 Å². The molecule has 78 valence electrons. The van der Waals surface area contributed by atoms with Gasteiger partial charge in [0.05, 0.1) is 0 Å². The molecule has 0 amide bonds. The summed E-state index contributed by atoms with van der Waals surface area (Å²) in [4.78, 5) is 24.4. The average Bonchev–Trinajstić information content (AvgIpc) is 2.27. The fraction of sp³-hybridized carbons (Fsp3) is 0.273. The first-order chi connectivity index (χ1) is 7.24. The lowest BCUT2D eigenvalue weighted by atomic mass is 10.2. The third-order valence-electron chi connectivity index (χ3n) is 1.81. The molecule has 0 bridgehead atoms. The number of isocyanates is 1. The minimum Gasteiger partial charge on any atom is -0.459 e. The summed E-state index contributed by atoms with van der Waals surface area (Å²) in [6.07, 6.45) is 1.32. The van der Waals surface area contributed by atoms with Crippen LogP contribution in [0.5, 0.6) is 0 Å². The van der Waals surface area contributed by atoms with Crippen molar-refractivity contribution in [1.29, 1.82) is 0 Å². The van der Waals surface area contributed by atoms with Gasteiger partial charge in [-0.05, 0) is 12.5 Å². The monoisotopic (exact) mass is 205 g/mol. The number of hydrogen-bond acceptors (Lipinski definition) is 4. The zero-order valence-electron chi connectivity index (χ0n) is 8.34. The van der Waals surface area contributed by atoms with Crippen LogP contribution in [-0.4, -0.2) is 18.1 Å². The molecule has 1 unspecified atom stereocenters. The topological polar surface area (TPSA) is 55.7 Å². The number of nitrogens with zero attached hydrogens (tertiary/aromatic N) is 1. The van der Waals surface area contributed by atoms with Gasteiger partial charge in [0.2, 0.25) is 6.08 Å². The molecule has 0 aliphatic heterocycles. The van der Waals surface area contributed by atoms with E-state index in [-0.39, 0.29) is 6.61 Å². The van der Waals surface area contributed by atoms with Crippen molar-refractivity contribution in [2.45, 2.75) is 19.6 Å². The first-order valence-electron chi connectivity index (χ1n) is 4.51. The zero-order valence-corrected chi connectivity index (χ0v) is 8.34. The third kappa shape index (κ3) is 3.75. The maximum absolute atomic E-state index is 11.2. The summed E-state index contributed by atoms with van der Waals surface area (Å²) in [5, 5.41) is 0. The van der Waals surface area contributed by atoms with Crippen molar-refractivity contribution in [3.63, 3.8) is 0 Å². The van der Waals surface area contributed by atoms with E-state index in [1.807, 2.05) is 30.3 Å². The highest BCUT2D eigenvalue weighted by atomic mass is 16.5. The summed E-state index contributed by atoms with van der Waals surface area (Å²) in [6, 6.07) is 8.50. The van der Waals surface area contributed by atoms with Crippen LogP contribution in [0.2, 0.25) is 0 Å². The van der Waals surface area contributed by atoms with Crippen molar-refractivity contribution >= 4 is 12.0 Å². The number of esters is 1. The molecule has 4 nitrogen and oxygen atoms in total. The number of ether oxygens (including phenoxy) is 1. The molecule has 15 heavy (non-hydrogen) atoms. The Hall–Kier alpha value is -1.93. The Labute approximate surface area is 87.6 Å². The van der Waals surface area contributed by atoms with Gasteiger partial charge >= 0.3 is 5.97 Å². The number of hydrogen-bond donors (Lipinski definition) is 0. The molecule has 0 aliphatic carbocycles. The van der Waals surface area contributed by atoms with E-state index < -0.39 is 12.0 Å². The van der Waals surface area contributed by atoms with Crippen molar-refractivity contribution in [3.8, 4) is 0 Å². The maximum Gasteiger partial charge on any atom is 0.331 e. The molecule has 0 saturated carbocycles. The fourth-order valence-electron chi connectivity index (χ4n) is 0.981. The molecule has 0 fully saturated rings. The lowest BCUT2D eigenvalue weighted by molar-refractivity contribution is -0.145. The van der Waals surface area contributed by atoms with Crippen LogP contribution in [0.1, 0.15) is 12.5 Å². The first-order valence-corrected chi connectivity index (χ1v) is 4.51. The first kappa shape index (κ1) is 11.1. The van der Waals surface area contributed by atoms with Gasteiger partial charge in [-0.25, -0.2) is 9.59 Å². The van der Waals surface area contributed by atoms with E-state index in [4.69, 9.17) is 4.74 Å². The van der Waals surface area contributed by atoms with Crippen LogP contribution in [-0.2, 0) is 20.9 Å². The van der Waals surface area contributed by atoms with Crippen molar-refractivity contribution in [1.82, 2.24) is 0 Å². The van der Waals surface area contributed by atoms with Crippen molar-refractivity contribution in [2.24, 2.45) is 4.99 Å². The van der Waals surface area contributed by atoms with E-state index >= 15 is 0 Å². The van der Waals surface area contributed by atoms with Crippen LogP contribution in [0.4, 0.5) is 0 Å². The Morgan fingerprint density at radius 2 is 2.13 bits per heavy atom. The maximum atomic E-state index is 11.2. The highest BCUT2D eigenvalue weighted by Gasteiger charge is 2.12. The summed E-state index contributed by atoms with van der Waals surface area (Å²) in [7, 11) is 0. The molecular formula is C11H11NO3. The minimum absolute atomic E-state index is 0.193. The number of carbonyl (C=O) groups is 1. The average molecular weight is 205 g/mol. The van der Waals surface area contributed by atoms with Gasteiger partial charge in [-0.3, -0.25) is 0 Å². The van der Waals surface area contributed by atoms with Gasteiger partial charge in [0.1, 0.15) is 6.61 Å². The molecule has 0 aliphatic rings. The molecule has 0 aromatic heterocycles. The van der Waals surface area contributed by atoms with Crippen LogP contribution in [0, 0.1) is 0 Å². The highest BCUT2D eigenvalue weighted by Crippen LogP contribution is 2.02. The van der Waals surface area contributed by atoms with Crippen molar-refractivity contribution < 1.29 is 14.3 Å². The SMILES string of the molecule is CC(N=C=O)C(=O)OCc1ccccc1. The van der Waals surface area contributed by atoms with E-state index in [2.05, 4.69) is 4.99 Å². The molecule has 0 saturated heterocycles. The second-order valence-electron chi connectivity index (χ2n) is 2.99. The fourth-order valence-corrected chi connectivity index (χ4v) is 0.981. The summed E-state index contributed by atoms with van der Waals surface area (Å²) in [6.45, 7) is 1.68. The third-order valence-corrected chi connectivity index (χ3v) is 1.81. The Morgan fingerprint density at radius 3 is 2.73 bits per heavy atom. The van der Waals surface area contributed by atoms with E-state index in [1.54, 1.807) is 0 Å². The second kappa shape index (κ2) is 5.73. The Bertz CT molecular complexity index is 369. The lowest BCUT2D eigenvalue weighted by Crippen LogP contribution is -2.17. The molecule has 1 aromatic rings. The van der Waals surface area contributed by atoms with Crippen LogP contribution in [0.15, 0.2) is 35.3 Å². The molecule has 1 atom stereocenters. The predicted octanol–water partition coefficient (Wildman–Crippen LogP) is 1.45. The standard InChI is InChI=1S/C11H11NO3/c1-9(12-8-13)11(14)15-7-10-5-3-2-4-6-10/h2-6,9H,7H2,1H3. The summed E-state index contributed by atoms with van der Waals surface area (Å²) < 4.78 is 4.93. The number of rotatable bonds is 4. The molecule has 1 rings (SSSR count). The van der Waals surface area contributed by atoms with E-state index in [1.165, 1.54) is 13.0 Å². The molecule has 0 spiro atoms. The van der Waals surface area contributed by atoms with Crippen molar-refractivity contribution in [2.75, 3.05) is 0 Å². The normalized spacial score (nSPS) is 11.3. The van der Waals surface area contributed by atoms with Crippen LogP contribution >= 0.6 is 0 Å². The Balaban J connectivity index is 2.44. The predicted molar refractivity (Wildman–Crippen MR) is 53.8 cm³/mol. The quantitative estimate of drug-likeness (QED) is 0.424. The van der Waals surface area contributed by atoms with Crippen LogP contribution < -0.4 is 0 Å². The largest absolute Gasteiger partial charge is 0.459 e. The van der Waals surface area contributed by atoms with E-state index in [0.717, 1.165) is 5.56 Å². The lowest BCUT2D eigenvalue weighted by Gasteiger charge is -2.05. The molecule has 0 radical (unpaired) electrons. The zero-order chi connectivity index (χ0) is 11.1. The summed E-state index contributed by atoms with van der Waals surface area (Å²) in [5.74, 6) is -0.526. The second-order valence-corrected chi connectivity index (χ2v) is 2.99. The summed E-state index contributed by atoms with van der Waals surface area (Å²) in [5.41, 5.74) is 0.896. The van der Waals surface area contributed by atoms with Crippen molar-refractivity contribution in [3.05, 3.63) is 35.9 Å². The van der Waals surface area contributed by atoms with Gasteiger partial charge in [-0.15, -0.1) is 0 Å². The molecule has 4 heteroatoms. The van der Waals surface area contributed by atoms with E-state index in [0.29, 0.717) is 0 Å². The van der Waals surface area contributed by atoms with Gasteiger partial charge < -0.3 is 4.74 Å². The molecule has 1 aromatic carbocycles. The summed E-state index contributed by atoms with van der Waals surface area (Å²) >= 11 is 0. The number of benzene rings is 1. The number of carbonyl (C=O) groups excluding carboxylic acids is 2. The van der Waals surface area contributed by atoms with Crippen LogP contribution in [0.25, 0.3) is 0 Å². The smallest absolute Gasteiger partial charge is 0.331 e. The van der Waals surface area contributed by atoms with Gasteiger partial charge in [-0.2, -0.15) is 4.99 Å². The minimum atomic E-state index is -0.786. The van der Waals surface area contributed by atoms with Gasteiger partial charge in [0, 0.05) is 0 Å². The van der Waals surface area contributed by atoms with Gasteiger partial charge in [0.15, 0.2) is 6.04 Å². The highest BCUT2D eigenvalue weighted by molar-refractivity contribution is 5.76.